The number of rotatable bonds is 4. The van der Waals surface area contributed by atoms with E-state index in [-0.39, 0.29) is 12.4 Å². The van der Waals surface area contributed by atoms with Gasteiger partial charge < -0.3 is 4.74 Å². The first-order valence-electron chi connectivity index (χ1n) is 4.54. The second kappa shape index (κ2) is 5.01. The molecule has 0 heterocycles. The fourth-order valence-electron chi connectivity index (χ4n) is 0.981. The number of carbonyl (C=O) groups is 1. The van der Waals surface area contributed by atoms with Crippen LogP contribution in [0.25, 0.3) is 0 Å². The Kier molecular flexibility index (Phi) is 3.96. The van der Waals surface area contributed by atoms with Gasteiger partial charge in [-0.3, -0.25) is 4.79 Å². The summed E-state index contributed by atoms with van der Waals surface area (Å²) in [6.45, 7) is 3.86. The average Bonchev–Trinajstić information content (AvgIpc) is 2.19. The molecule has 0 saturated carbocycles. The Hall–Kier alpha value is -1.02. The predicted molar refractivity (Wildman–Crippen MR) is 57.0 cm³/mol. The van der Waals surface area contributed by atoms with Crippen LogP contribution in [0, 0.1) is 6.92 Å². The van der Waals surface area contributed by atoms with Gasteiger partial charge in [0.15, 0.2) is 5.78 Å². The highest BCUT2D eigenvalue weighted by atomic mass is 35.5. The van der Waals surface area contributed by atoms with Gasteiger partial charge in [-0.25, -0.2) is 0 Å². The number of aryl methyl sites for hydroxylation is 1. The molecular formula is C11H13ClO2. The summed E-state index contributed by atoms with van der Waals surface area (Å²) in [5, 5.41) is 0.541. The fraction of sp³-hybridized carbons (Fsp3) is 0.364. The summed E-state index contributed by atoms with van der Waals surface area (Å²) in [6.07, 6.45) is 0.490. The maximum absolute atomic E-state index is 11.0. The lowest BCUT2D eigenvalue weighted by molar-refractivity contribution is -0.120. The predicted octanol–water partition coefficient (Wildman–Crippen LogP) is 3.01. The van der Waals surface area contributed by atoms with E-state index in [1.165, 1.54) is 0 Å². The van der Waals surface area contributed by atoms with E-state index in [1.54, 1.807) is 6.07 Å². The third kappa shape index (κ3) is 3.04. The molecule has 0 N–H and O–H groups in total. The SMILES string of the molecule is CCC(=O)COc1cc(C)ccc1Cl. The Morgan fingerprint density at radius 2 is 2.21 bits per heavy atom. The Morgan fingerprint density at radius 3 is 2.86 bits per heavy atom. The van der Waals surface area contributed by atoms with Crippen LogP contribution in [0.2, 0.25) is 5.02 Å². The number of hydrogen-bond donors (Lipinski definition) is 0. The number of halogens is 1. The third-order valence-electron chi connectivity index (χ3n) is 1.87. The van der Waals surface area contributed by atoms with E-state index in [0.29, 0.717) is 17.2 Å². The van der Waals surface area contributed by atoms with Crippen molar-refractivity contribution in [1.29, 1.82) is 0 Å². The molecule has 1 rings (SSSR count). The van der Waals surface area contributed by atoms with Crippen molar-refractivity contribution in [1.82, 2.24) is 0 Å². The third-order valence-corrected chi connectivity index (χ3v) is 2.18. The van der Waals surface area contributed by atoms with E-state index in [1.807, 2.05) is 26.0 Å². The topological polar surface area (TPSA) is 26.3 Å². The molecule has 1 aromatic carbocycles. The van der Waals surface area contributed by atoms with E-state index in [2.05, 4.69) is 0 Å². The zero-order valence-corrected chi connectivity index (χ0v) is 9.10. The maximum Gasteiger partial charge on any atom is 0.169 e. The zero-order chi connectivity index (χ0) is 10.6. The molecule has 0 atom stereocenters. The van der Waals surface area contributed by atoms with Crippen LogP contribution in [-0.4, -0.2) is 12.4 Å². The van der Waals surface area contributed by atoms with Gasteiger partial charge in [-0.05, 0) is 24.6 Å². The Balaban J connectivity index is 2.66. The number of benzene rings is 1. The molecule has 0 aliphatic carbocycles. The molecule has 0 radical (unpaired) electrons. The normalized spacial score (nSPS) is 9.93. The van der Waals surface area contributed by atoms with Gasteiger partial charge in [0.1, 0.15) is 12.4 Å². The van der Waals surface area contributed by atoms with Crippen LogP contribution in [0.15, 0.2) is 18.2 Å². The van der Waals surface area contributed by atoms with Gasteiger partial charge in [0.05, 0.1) is 5.02 Å². The van der Waals surface area contributed by atoms with Gasteiger partial charge in [-0.15, -0.1) is 0 Å². The summed E-state index contributed by atoms with van der Waals surface area (Å²) >= 11 is 5.89. The van der Waals surface area contributed by atoms with Crippen LogP contribution in [-0.2, 0) is 4.79 Å². The largest absolute Gasteiger partial charge is 0.484 e. The van der Waals surface area contributed by atoms with Crippen LogP contribution >= 0.6 is 11.6 Å². The minimum Gasteiger partial charge on any atom is -0.484 e. The molecule has 0 aromatic heterocycles. The summed E-state index contributed by atoms with van der Waals surface area (Å²) in [6, 6.07) is 5.49. The van der Waals surface area contributed by atoms with Crippen molar-refractivity contribution in [2.24, 2.45) is 0 Å². The zero-order valence-electron chi connectivity index (χ0n) is 8.34. The van der Waals surface area contributed by atoms with Crippen molar-refractivity contribution in [3.63, 3.8) is 0 Å². The molecule has 0 unspecified atom stereocenters. The molecule has 0 bridgehead atoms. The number of Topliss-reactive ketones (excluding diaryl/α,β-unsaturated/α-hetero) is 1. The summed E-state index contributed by atoms with van der Waals surface area (Å²) in [5.74, 6) is 0.649. The lowest BCUT2D eigenvalue weighted by atomic mass is 10.2. The first-order chi connectivity index (χ1) is 6.63. The molecule has 0 fully saturated rings. The van der Waals surface area contributed by atoms with E-state index < -0.39 is 0 Å². The highest BCUT2D eigenvalue weighted by molar-refractivity contribution is 6.32. The molecule has 1 aromatic rings. The molecule has 0 spiro atoms. The van der Waals surface area contributed by atoms with E-state index >= 15 is 0 Å². The summed E-state index contributed by atoms with van der Waals surface area (Å²) in [7, 11) is 0. The standard InChI is InChI=1S/C11H13ClO2/c1-3-9(13)7-14-11-6-8(2)4-5-10(11)12/h4-6H,3,7H2,1-2H3. The van der Waals surface area contributed by atoms with E-state index in [9.17, 15) is 4.79 Å². The minimum atomic E-state index is 0.0718. The van der Waals surface area contributed by atoms with Crippen LogP contribution in [0.4, 0.5) is 0 Å². The summed E-state index contributed by atoms with van der Waals surface area (Å²) in [5.41, 5.74) is 1.06. The molecule has 0 aliphatic heterocycles. The van der Waals surface area contributed by atoms with Crippen molar-refractivity contribution >= 4 is 17.4 Å². The van der Waals surface area contributed by atoms with Gasteiger partial charge in [0, 0.05) is 6.42 Å². The van der Waals surface area contributed by atoms with Gasteiger partial charge in [0.2, 0.25) is 0 Å². The van der Waals surface area contributed by atoms with Crippen molar-refractivity contribution in [2.75, 3.05) is 6.61 Å². The van der Waals surface area contributed by atoms with E-state index in [4.69, 9.17) is 16.3 Å². The molecule has 76 valence electrons. The molecule has 0 saturated heterocycles. The lowest BCUT2D eigenvalue weighted by Crippen LogP contribution is -2.09. The first-order valence-corrected chi connectivity index (χ1v) is 4.92. The molecule has 0 aliphatic rings. The van der Waals surface area contributed by atoms with E-state index in [0.717, 1.165) is 5.56 Å². The highest BCUT2D eigenvalue weighted by Gasteiger charge is 2.04. The number of ether oxygens (including phenoxy) is 1. The monoisotopic (exact) mass is 212 g/mol. The van der Waals surface area contributed by atoms with Gasteiger partial charge in [0.25, 0.3) is 0 Å². The quantitative estimate of drug-likeness (QED) is 0.767. The average molecular weight is 213 g/mol. The lowest BCUT2D eigenvalue weighted by Gasteiger charge is -2.07. The van der Waals surface area contributed by atoms with Crippen molar-refractivity contribution < 1.29 is 9.53 Å². The molecule has 0 amide bonds. The van der Waals surface area contributed by atoms with Crippen molar-refractivity contribution in [2.45, 2.75) is 20.3 Å². The highest BCUT2D eigenvalue weighted by Crippen LogP contribution is 2.25. The molecule has 3 heteroatoms. The Morgan fingerprint density at radius 1 is 1.50 bits per heavy atom. The fourth-order valence-corrected chi connectivity index (χ4v) is 1.15. The number of hydrogen-bond acceptors (Lipinski definition) is 2. The smallest absolute Gasteiger partial charge is 0.169 e. The maximum atomic E-state index is 11.0. The minimum absolute atomic E-state index is 0.0718. The Bertz CT molecular complexity index is 334. The van der Waals surface area contributed by atoms with Crippen LogP contribution in [0.5, 0.6) is 5.75 Å². The first kappa shape index (κ1) is 11.1. The van der Waals surface area contributed by atoms with Crippen LogP contribution in [0.3, 0.4) is 0 Å². The van der Waals surface area contributed by atoms with Gasteiger partial charge in [-0.2, -0.15) is 0 Å². The van der Waals surface area contributed by atoms with Crippen molar-refractivity contribution in [3.05, 3.63) is 28.8 Å². The van der Waals surface area contributed by atoms with Gasteiger partial charge >= 0.3 is 0 Å². The second-order valence-electron chi connectivity index (χ2n) is 3.11. The summed E-state index contributed by atoms with van der Waals surface area (Å²) < 4.78 is 5.29. The van der Waals surface area contributed by atoms with Crippen LogP contribution < -0.4 is 4.74 Å². The second-order valence-corrected chi connectivity index (χ2v) is 3.52. The molecular weight excluding hydrogens is 200 g/mol. The van der Waals surface area contributed by atoms with Crippen LogP contribution in [0.1, 0.15) is 18.9 Å². The Labute approximate surface area is 88.8 Å². The van der Waals surface area contributed by atoms with Crippen molar-refractivity contribution in [3.8, 4) is 5.75 Å². The molecule has 2 nitrogen and oxygen atoms in total. The number of carbonyl (C=O) groups excluding carboxylic acids is 1. The number of ketones is 1. The molecule has 14 heavy (non-hydrogen) atoms. The summed E-state index contributed by atoms with van der Waals surface area (Å²) in [4.78, 5) is 11.0. The van der Waals surface area contributed by atoms with Gasteiger partial charge in [-0.1, -0.05) is 24.6 Å².